The van der Waals surface area contributed by atoms with E-state index >= 15 is 0 Å². The fraction of sp³-hybridized carbons (Fsp3) is 0.250. The molecule has 0 aliphatic carbocycles. The van der Waals surface area contributed by atoms with Crippen molar-refractivity contribution in [3.05, 3.63) is 84.2 Å². The Hall–Kier alpha value is -2.12. The Balaban J connectivity index is 0.00000261. The molecular formula is C20H26Cl3N5O. The molecule has 0 aliphatic heterocycles. The largest absolute Gasteiger partial charge is 0.354 e. The van der Waals surface area contributed by atoms with Crippen LogP contribution in [0.5, 0.6) is 0 Å². The number of aromatic nitrogens is 3. The van der Waals surface area contributed by atoms with Gasteiger partial charge in [0.05, 0.1) is 18.1 Å². The van der Waals surface area contributed by atoms with Crippen LogP contribution in [-0.4, -0.2) is 33.0 Å². The summed E-state index contributed by atoms with van der Waals surface area (Å²) in [6.07, 6.45) is 6.55. The number of carbonyl (C=O) groups is 1. The lowest BCUT2D eigenvalue weighted by Gasteiger charge is -2.11. The van der Waals surface area contributed by atoms with E-state index in [0.717, 1.165) is 17.9 Å². The number of pyridine rings is 1. The van der Waals surface area contributed by atoms with Crippen LogP contribution < -0.4 is 11.1 Å². The molecule has 3 N–H and O–H groups in total. The van der Waals surface area contributed by atoms with E-state index in [1.807, 2.05) is 47.2 Å². The van der Waals surface area contributed by atoms with Crippen molar-refractivity contribution >= 4 is 43.1 Å². The summed E-state index contributed by atoms with van der Waals surface area (Å²) in [5, 5.41) is 2.86. The molecular weight excluding hydrogens is 433 g/mol. The Bertz CT molecular complexity index is 830. The minimum atomic E-state index is -0.612. The zero-order chi connectivity index (χ0) is 18.2. The van der Waals surface area contributed by atoms with Crippen LogP contribution in [-0.2, 0) is 24.2 Å². The first-order valence-corrected chi connectivity index (χ1v) is 8.68. The van der Waals surface area contributed by atoms with Crippen LogP contribution in [0.4, 0.5) is 0 Å². The van der Waals surface area contributed by atoms with Gasteiger partial charge < -0.3 is 15.6 Å². The van der Waals surface area contributed by atoms with Crippen LogP contribution >= 0.6 is 37.2 Å². The minimum Gasteiger partial charge on any atom is -0.354 e. The van der Waals surface area contributed by atoms with Gasteiger partial charge in [0, 0.05) is 44.0 Å². The Labute approximate surface area is 189 Å². The summed E-state index contributed by atoms with van der Waals surface area (Å²) in [5.74, 6) is -0.168. The van der Waals surface area contributed by atoms with Crippen molar-refractivity contribution in [1.29, 1.82) is 0 Å². The third-order valence-corrected chi connectivity index (χ3v) is 4.07. The van der Waals surface area contributed by atoms with Crippen LogP contribution in [0, 0.1) is 0 Å². The van der Waals surface area contributed by atoms with E-state index in [0.29, 0.717) is 19.4 Å². The van der Waals surface area contributed by atoms with Crippen molar-refractivity contribution < 1.29 is 4.79 Å². The Morgan fingerprint density at radius 2 is 1.72 bits per heavy atom. The van der Waals surface area contributed by atoms with Gasteiger partial charge in [-0.3, -0.25) is 9.78 Å². The SMILES string of the molecule is Cl.Cl.Cl.N[C@@H](Cc1cn(Cc2ccccc2)cn1)C(=O)NCCc1ccccn1. The molecule has 2 heterocycles. The average Bonchev–Trinajstić information content (AvgIpc) is 3.10. The second kappa shape index (κ2) is 14.0. The van der Waals surface area contributed by atoms with Gasteiger partial charge in [0.25, 0.3) is 0 Å². The van der Waals surface area contributed by atoms with Gasteiger partial charge in [0.15, 0.2) is 0 Å². The first kappa shape index (κ1) is 26.9. The van der Waals surface area contributed by atoms with Crippen LogP contribution in [0.25, 0.3) is 0 Å². The number of nitrogens with two attached hydrogens (primary N) is 1. The number of rotatable bonds is 8. The molecule has 0 spiro atoms. The van der Waals surface area contributed by atoms with Gasteiger partial charge in [0.2, 0.25) is 5.91 Å². The molecule has 9 heteroatoms. The maximum atomic E-state index is 12.1. The van der Waals surface area contributed by atoms with Gasteiger partial charge in [0.1, 0.15) is 0 Å². The third-order valence-electron chi connectivity index (χ3n) is 4.07. The number of halogens is 3. The summed E-state index contributed by atoms with van der Waals surface area (Å²) in [4.78, 5) is 20.7. The lowest BCUT2D eigenvalue weighted by Crippen LogP contribution is -2.42. The smallest absolute Gasteiger partial charge is 0.237 e. The van der Waals surface area contributed by atoms with Gasteiger partial charge in [-0.1, -0.05) is 36.4 Å². The molecule has 1 atom stereocenters. The van der Waals surface area contributed by atoms with Crippen molar-refractivity contribution in [2.45, 2.75) is 25.4 Å². The molecule has 0 bridgehead atoms. The van der Waals surface area contributed by atoms with E-state index < -0.39 is 6.04 Å². The highest BCUT2D eigenvalue weighted by molar-refractivity contribution is 5.86. The molecule has 158 valence electrons. The van der Waals surface area contributed by atoms with Crippen LogP contribution in [0.15, 0.2) is 67.3 Å². The fourth-order valence-electron chi connectivity index (χ4n) is 2.70. The highest BCUT2D eigenvalue weighted by Gasteiger charge is 2.15. The summed E-state index contributed by atoms with van der Waals surface area (Å²) >= 11 is 0. The molecule has 1 aromatic carbocycles. The zero-order valence-corrected chi connectivity index (χ0v) is 18.3. The van der Waals surface area contributed by atoms with Gasteiger partial charge in [-0.2, -0.15) is 0 Å². The number of imidazole rings is 1. The Kier molecular flexibility index (Phi) is 12.9. The lowest BCUT2D eigenvalue weighted by molar-refractivity contribution is -0.122. The van der Waals surface area contributed by atoms with Gasteiger partial charge in [-0.15, -0.1) is 37.2 Å². The molecule has 2 aromatic heterocycles. The summed E-state index contributed by atoms with van der Waals surface area (Å²) < 4.78 is 2.00. The second-order valence-electron chi connectivity index (χ2n) is 6.20. The number of amides is 1. The first-order chi connectivity index (χ1) is 12.7. The fourth-order valence-corrected chi connectivity index (χ4v) is 2.70. The van der Waals surface area contributed by atoms with Crippen molar-refractivity contribution in [3.63, 3.8) is 0 Å². The zero-order valence-electron chi connectivity index (χ0n) is 15.8. The molecule has 6 nitrogen and oxygen atoms in total. The molecule has 29 heavy (non-hydrogen) atoms. The van der Waals surface area contributed by atoms with Crippen molar-refractivity contribution in [1.82, 2.24) is 19.9 Å². The quantitative estimate of drug-likeness (QED) is 0.543. The highest BCUT2D eigenvalue weighted by Crippen LogP contribution is 2.05. The number of carbonyl (C=O) groups excluding carboxylic acids is 1. The van der Waals surface area contributed by atoms with Crippen molar-refractivity contribution in [2.24, 2.45) is 5.73 Å². The first-order valence-electron chi connectivity index (χ1n) is 8.68. The molecule has 1 amide bonds. The Morgan fingerprint density at radius 1 is 1.00 bits per heavy atom. The number of hydrogen-bond acceptors (Lipinski definition) is 4. The number of benzene rings is 1. The van der Waals surface area contributed by atoms with Gasteiger partial charge in [-0.05, 0) is 17.7 Å². The summed E-state index contributed by atoms with van der Waals surface area (Å²) in [7, 11) is 0. The minimum absolute atomic E-state index is 0. The third kappa shape index (κ3) is 8.83. The predicted molar refractivity (Wildman–Crippen MR) is 122 cm³/mol. The van der Waals surface area contributed by atoms with Crippen molar-refractivity contribution in [2.75, 3.05) is 6.54 Å². The van der Waals surface area contributed by atoms with E-state index in [9.17, 15) is 4.79 Å². The summed E-state index contributed by atoms with van der Waals surface area (Å²) in [5.41, 5.74) is 8.97. The predicted octanol–water partition coefficient (Wildman–Crippen LogP) is 2.82. The molecule has 0 saturated carbocycles. The summed E-state index contributed by atoms with van der Waals surface area (Å²) in [6.45, 7) is 1.27. The summed E-state index contributed by atoms with van der Waals surface area (Å²) in [6, 6.07) is 15.3. The van der Waals surface area contributed by atoms with Crippen molar-refractivity contribution in [3.8, 4) is 0 Å². The molecule has 0 aliphatic rings. The van der Waals surface area contributed by atoms with Crippen LogP contribution in [0.2, 0.25) is 0 Å². The molecule has 3 aromatic rings. The number of nitrogens with zero attached hydrogens (tertiary/aromatic N) is 3. The van der Waals surface area contributed by atoms with E-state index in [-0.39, 0.29) is 43.1 Å². The van der Waals surface area contributed by atoms with E-state index in [1.54, 1.807) is 12.5 Å². The lowest BCUT2D eigenvalue weighted by atomic mass is 10.1. The van der Waals surface area contributed by atoms with Gasteiger partial charge in [-0.25, -0.2) is 4.98 Å². The van der Waals surface area contributed by atoms with Crippen LogP contribution in [0.3, 0.4) is 0 Å². The molecule has 3 rings (SSSR count). The normalized spacial score (nSPS) is 10.7. The average molecular weight is 459 g/mol. The Morgan fingerprint density at radius 3 is 2.41 bits per heavy atom. The maximum absolute atomic E-state index is 12.1. The number of nitrogens with one attached hydrogen (secondary N) is 1. The number of hydrogen-bond donors (Lipinski definition) is 2. The molecule has 0 radical (unpaired) electrons. The molecule has 0 fully saturated rings. The van der Waals surface area contributed by atoms with E-state index in [4.69, 9.17) is 5.73 Å². The highest BCUT2D eigenvalue weighted by atomic mass is 35.5. The van der Waals surface area contributed by atoms with E-state index in [2.05, 4.69) is 27.4 Å². The monoisotopic (exact) mass is 457 g/mol. The van der Waals surface area contributed by atoms with Crippen LogP contribution in [0.1, 0.15) is 17.0 Å². The van der Waals surface area contributed by atoms with Gasteiger partial charge >= 0.3 is 0 Å². The van der Waals surface area contributed by atoms with E-state index in [1.165, 1.54) is 5.56 Å². The maximum Gasteiger partial charge on any atom is 0.237 e. The topological polar surface area (TPSA) is 85.8 Å². The molecule has 0 unspecified atom stereocenters. The second-order valence-corrected chi connectivity index (χ2v) is 6.20. The standard InChI is InChI=1S/C20H23N5O.3ClH/c21-19(20(26)23-11-9-17-8-4-5-10-22-17)12-18-14-25(15-24-18)13-16-6-2-1-3-7-16;;;/h1-8,10,14-15,19H,9,11-13,21H2,(H,23,26);3*1H/t19-;;;/m0.../s1. The molecule has 0 saturated heterocycles.